The highest BCUT2D eigenvalue weighted by molar-refractivity contribution is 5.94. The number of carbonyl (C=O) groups is 2. The average molecular weight is 322 g/mol. The van der Waals surface area contributed by atoms with E-state index in [0.717, 1.165) is 5.56 Å². The van der Waals surface area contributed by atoms with E-state index < -0.39 is 23.9 Å². The molecule has 1 amide bonds. The second-order valence-electron chi connectivity index (χ2n) is 5.77. The summed E-state index contributed by atoms with van der Waals surface area (Å²) in [7, 11) is 0. The second kappa shape index (κ2) is 7.42. The van der Waals surface area contributed by atoms with E-state index in [0.29, 0.717) is 11.3 Å². The Hall–Kier alpha value is -3.13. The summed E-state index contributed by atoms with van der Waals surface area (Å²) in [6, 6.07) is 17.8. The molecule has 0 radical (unpaired) electrons. The lowest BCUT2D eigenvalue weighted by molar-refractivity contribution is -0.152. The Bertz CT molecular complexity index is 777. The largest absolute Gasteiger partial charge is 0.455 e. The fraction of sp³-hybridized carbons (Fsp3) is 0.211. The number of nitrogens with one attached hydrogen (secondary N) is 1. The minimum Gasteiger partial charge on any atom is -0.455 e. The van der Waals surface area contributed by atoms with Crippen LogP contribution in [0.25, 0.3) is 0 Å². The quantitative estimate of drug-likeness (QED) is 0.858. The zero-order valence-corrected chi connectivity index (χ0v) is 13.6. The molecule has 24 heavy (non-hydrogen) atoms. The Balaban J connectivity index is 1.96. The summed E-state index contributed by atoms with van der Waals surface area (Å²) in [4.78, 5) is 24.2. The standard InChI is InChI=1S/C19H18N2O3/c1-19(2,15-9-4-3-5-10-15)18(23)24-13-17(22)21-16-11-7-6-8-14(16)12-20/h3-11H,13H2,1-2H3,(H,21,22). The maximum Gasteiger partial charge on any atom is 0.316 e. The third-order valence-corrected chi connectivity index (χ3v) is 3.66. The maximum atomic E-state index is 12.3. The molecule has 0 aromatic heterocycles. The van der Waals surface area contributed by atoms with Crippen molar-refractivity contribution < 1.29 is 14.3 Å². The maximum absolute atomic E-state index is 12.3. The highest BCUT2D eigenvalue weighted by Gasteiger charge is 2.31. The average Bonchev–Trinajstić information content (AvgIpc) is 2.60. The summed E-state index contributed by atoms with van der Waals surface area (Å²) in [6.45, 7) is 3.08. The molecule has 0 aliphatic heterocycles. The first-order chi connectivity index (χ1) is 11.4. The molecule has 0 saturated heterocycles. The van der Waals surface area contributed by atoms with E-state index in [2.05, 4.69) is 5.32 Å². The van der Waals surface area contributed by atoms with E-state index in [9.17, 15) is 9.59 Å². The summed E-state index contributed by atoms with van der Waals surface area (Å²) >= 11 is 0. The van der Waals surface area contributed by atoms with Crippen molar-refractivity contribution in [2.45, 2.75) is 19.3 Å². The number of benzene rings is 2. The SMILES string of the molecule is CC(C)(C(=O)OCC(=O)Nc1ccccc1C#N)c1ccccc1. The number of hydrogen-bond acceptors (Lipinski definition) is 4. The lowest BCUT2D eigenvalue weighted by atomic mass is 9.85. The summed E-state index contributed by atoms with van der Waals surface area (Å²) in [5.41, 5.74) is 0.696. The molecule has 0 bridgehead atoms. The van der Waals surface area contributed by atoms with E-state index in [-0.39, 0.29) is 0 Å². The van der Waals surface area contributed by atoms with Crippen LogP contribution in [0.4, 0.5) is 5.69 Å². The summed E-state index contributed by atoms with van der Waals surface area (Å²) in [5.74, 6) is -0.979. The molecule has 0 spiro atoms. The van der Waals surface area contributed by atoms with Crippen LogP contribution in [0.2, 0.25) is 0 Å². The lowest BCUT2D eigenvalue weighted by Gasteiger charge is -2.22. The normalized spacial score (nSPS) is 10.5. The number of para-hydroxylation sites is 1. The summed E-state index contributed by atoms with van der Waals surface area (Å²) in [5, 5.41) is 11.6. The van der Waals surface area contributed by atoms with Crippen molar-refractivity contribution in [3.05, 3.63) is 65.7 Å². The number of anilines is 1. The predicted molar refractivity (Wildman–Crippen MR) is 90.2 cm³/mol. The topological polar surface area (TPSA) is 79.2 Å². The number of ether oxygens (including phenoxy) is 1. The van der Waals surface area contributed by atoms with Gasteiger partial charge in [0.25, 0.3) is 5.91 Å². The number of nitriles is 1. The van der Waals surface area contributed by atoms with Crippen LogP contribution in [0.3, 0.4) is 0 Å². The van der Waals surface area contributed by atoms with Gasteiger partial charge in [-0.05, 0) is 31.5 Å². The first kappa shape index (κ1) is 17.2. The van der Waals surface area contributed by atoms with Crippen molar-refractivity contribution in [1.82, 2.24) is 0 Å². The third-order valence-electron chi connectivity index (χ3n) is 3.66. The Morgan fingerprint density at radius 1 is 1.08 bits per heavy atom. The van der Waals surface area contributed by atoms with Crippen LogP contribution in [0, 0.1) is 11.3 Å². The molecule has 0 aliphatic rings. The monoisotopic (exact) mass is 322 g/mol. The third kappa shape index (κ3) is 3.99. The highest BCUT2D eigenvalue weighted by Crippen LogP contribution is 2.24. The second-order valence-corrected chi connectivity index (χ2v) is 5.77. The van der Waals surface area contributed by atoms with Gasteiger partial charge in [-0.15, -0.1) is 0 Å². The Kier molecular flexibility index (Phi) is 5.33. The smallest absolute Gasteiger partial charge is 0.316 e. The van der Waals surface area contributed by atoms with Crippen LogP contribution in [-0.2, 0) is 19.7 Å². The molecule has 0 heterocycles. The number of carbonyl (C=O) groups excluding carboxylic acids is 2. The van der Waals surface area contributed by atoms with Gasteiger partial charge in [-0.25, -0.2) is 0 Å². The van der Waals surface area contributed by atoms with Crippen molar-refractivity contribution in [3.8, 4) is 6.07 Å². The van der Waals surface area contributed by atoms with Gasteiger partial charge in [0.15, 0.2) is 6.61 Å². The molecule has 0 atom stereocenters. The van der Waals surface area contributed by atoms with Crippen LogP contribution < -0.4 is 5.32 Å². The molecule has 0 unspecified atom stereocenters. The van der Waals surface area contributed by atoms with Gasteiger partial charge < -0.3 is 10.1 Å². The lowest BCUT2D eigenvalue weighted by Crippen LogP contribution is -2.33. The van der Waals surface area contributed by atoms with Crippen LogP contribution in [0.1, 0.15) is 25.0 Å². The highest BCUT2D eigenvalue weighted by atomic mass is 16.5. The number of rotatable bonds is 5. The van der Waals surface area contributed by atoms with Gasteiger partial charge in [0.05, 0.1) is 16.7 Å². The van der Waals surface area contributed by atoms with Gasteiger partial charge in [0.2, 0.25) is 0 Å². The zero-order chi connectivity index (χ0) is 17.6. The van der Waals surface area contributed by atoms with Gasteiger partial charge in [0.1, 0.15) is 6.07 Å². The molecule has 0 aliphatic carbocycles. The molecule has 2 rings (SSSR count). The number of esters is 1. The molecule has 0 saturated carbocycles. The van der Waals surface area contributed by atoms with Crippen molar-refractivity contribution in [1.29, 1.82) is 5.26 Å². The summed E-state index contributed by atoms with van der Waals surface area (Å²) < 4.78 is 5.13. The summed E-state index contributed by atoms with van der Waals surface area (Å²) in [6.07, 6.45) is 0. The van der Waals surface area contributed by atoms with Crippen molar-refractivity contribution in [2.24, 2.45) is 0 Å². The van der Waals surface area contributed by atoms with E-state index in [1.165, 1.54) is 0 Å². The molecular weight excluding hydrogens is 304 g/mol. The molecule has 5 nitrogen and oxygen atoms in total. The first-order valence-electron chi connectivity index (χ1n) is 7.47. The molecule has 2 aromatic carbocycles. The molecule has 5 heteroatoms. The Morgan fingerprint density at radius 2 is 1.71 bits per heavy atom. The fourth-order valence-electron chi connectivity index (χ4n) is 2.16. The van der Waals surface area contributed by atoms with Gasteiger partial charge in [0, 0.05) is 0 Å². The van der Waals surface area contributed by atoms with Gasteiger partial charge in [-0.3, -0.25) is 9.59 Å². The van der Waals surface area contributed by atoms with Crippen molar-refractivity contribution in [2.75, 3.05) is 11.9 Å². The van der Waals surface area contributed by atoms with Crippen LogP contribution in [0.15, 0.2) is 54.6 Å². The van der Waals surface area contributed by atoms with Crippen LogP contribution >= 0.6 is 0 Å². The fourth-order valence-corrected chi connectivity index (χ4v) is 2.16. The molecular formula is C19H18N2O3. The molecule has 1 N–H and O–H groups in total. The Morgan fingerprint density at radius 3 is 2.38 bits per heavy atom. The van der Waals surface area contributed by atoms with Crippen molar-refractivity contribution in [3.63, 3.8) is 0 Å². The van der Waals surface area contributed by atoms with Crippen LogP contribution in [0.5, 0.6) is 0 Å². The number of hydrogen-bond donors (Lipinski definition) is 1. The van der Waals surface area contributed by atoms with E-state index in [1.807, 2.05) is 36.4 Å². The van der Waals surface area contributed by atoms with E-state index >= 15 is 0 Å². The first-order valence-corrected chi connectivity index (χ1v) is 7.47. The number of nitrogens with zero attached hydrogens (tertiary/aromatic N) is 1. The van der Waals surface area contributed by atoms with Gasteiger partial charge in [-0.2, -0.15) is 5.26 Å². The molecule has 122 valence electrons. The minimum absolute atomic E-state index is 0.349. The predicted octanol–water partition coefficient (Wildman–Crippen LogP) is 3.02. The number of amides is 1. The van der Waals surface area contributed by atoms with Crippen molar-refractivity contribution >= 4 is 17.6 Å². The Labute approximate surface area is 140 Å². The van der Waals surface area contributed by atoms with E-state index in [4.69, 9.17) is 10.00 Å². The van der Waals surface area contributed by atoms with Gasteiger partial charge in [-0.1, -0.05) is 42.5 Å². The molecule has 2 aromatic rings. The minimum atomic E-state index is -0.855. The molecule has 0 fully saturated rings. The van der Waals surface area contributed by atoms with E-state index in [1.54, 1.807) is 38.1 Å². The van der Waals surface area contributed by atoms with Gasteiger partial charge >= 0.3 is 5.97 Å². The zero-order valence-electron chi connectivity index (χ0n) is 13.6. The van der Waals surface area contributed by atoms with Crippen LogP contribution in [-0.4, -0.2) is 18.5 Å².